The van der Waals surface area contributed by atoms with E-state index in [4.69, 9.17) is 0 Å². The first-order valence-corrected chi connectivity index (χ1v) is 9.72. The molecule has 0 bridgehead atoms. The zero-order chi connectivity index (χ0) is 17.6. The van der Waals surface area contributed by atoms with Crippen LogP contribution in [-0.4, -0.2) is 61.0 Å². The van der Waals surface area contributed by atoms with Crippen LogP contribution in [0.4, 0.5) is 5.69 Å². The van der Waals surface area contributed by atoms with Crippen LogP contribution in [0.3, 0.4) is 0 Å². The summed E-state index contributed by atoms with van der Waals surface area (Å²) >= 11 is 0. The Morgan fingerprint density at radius 1 is 1.15 bits per heavy atom. The van der Waals surface area contributed by atoms with Gasteiger partial charge >= 0.3 is 0 Å². The summed E-state index contributed by atoms with van der Waals surface area (Å²) in [5.41, 5.74) is 2.23. The maximum absolute atomic E-state index is 12.4. The van der Waals surface area contributed by atoms with Crippen LogP contribution in [0.15, 0.2) is 24.3 Å². The Labute approximate surface area is 163 Å². The average Bonchev–Trinajstić information content (AvgIpc) is 2.64. The summed E-state index contributed by atoms with van der Waals surface area (Å²) in [4.78, 5) is 17.4. The van der Waals surface area contributed by atoms with Crippen molar-refractivity contribution in [2.45, 2.75) is 39.3 Å². The first-order valence-electron chi connectivity index (χ1n) is 9.72. The zero-order valence-corrected chi connectivity index (χ0v) is 16.9. The number of piperazine rings is 1. The predicted molar refractivity (Wildman–Crippen MR) is 110 cm³/mol. The maximum Gasteiger partial charge on any atom is 0.227 e. The number of piperidine rings is 1. The van der Waals surface area contributed by atoms with Crippen LogP contribution in [0.5, 0.6) is 0 Å². The Balaban J connectivity index is 0.00000243. The minimum atomic E-state index is 0. The van der Waals surface area contributed by atoms with Gasteiger partial charge in [-0.3, -0.25) is 9.69 Å². The number of amides is 1. The number of likely N-dealkylation sites (N-methyl/N-ethyl adjacent to an activating group) is 1. The van der Waals surface area contributed by atoms with E-state index in [1.807, 2.05) is 12.1 Å². The fraction of sp³-hybridized carbons (Fsp3) is 0.650. The quantitative estimate of drug-likeness (QED) is 0.824. The zero-order valence-electron chi connectivity index (χ0n) is 16.0. The molecule has 2 aliphatic rings. The molecule has 2 N–H and O–H groups in total. The molecule has 2 fully saturated rings. The molecule has 146 valence electrons. The molecule has 2 aliphatic heterocycles. The lowest BCUT2D eigenvalue weighted by atomic mass is 9.92. The number of nitrogens with zero attached hydrogens (tertiary/aromatic N) is 2. The van der Waals surface area contributed by atoms with Crippen LogP contribution in [0, 0.1) is 5.92 Å². The molecule has 2 heterocycles. The van der Waals surface area contributed by atoms with Crippen molar-refractivity contribution in [3.8, 4) is 0 Å². The maximum atomic E-state index is 12.4. The average molecular weight is 381 g/mol. The van der Waals surface area contributed by atoms with Crippen molar-refractivity contribution in [1.82, 2.24) is 15.1 Å². The SMILES string of the molecule is CCN1CCN(Cc2ccc(NC(=O)[C@H]3CCN[C@@H](C)C3)cc2)CC1.Cl. The molecule has 2 atom stereocenters. The monoisotopic (exact) mass is 380 g/mol. The number of carbonyl (C=O) groups excluding carboxylic acids is 1. The highest BCUT2D eigenvalue weighted by Gasteiger charge is 2.24. The highest BCUT2D eigenvalue weighted by Crippen LogP contribution is 2.19. The number of nitrogens with one attached hydrogen (secondary N) is 2. The van der Waals surface area contributed by atoms with E-state index in [0.29, 0.717) is 6.04 Å². The van der Waals surface area contributed by atoms with E-state index in [-0.39, 0.29) is 24.2 Å². The number of hydrogen-bond acceptors (Lipinski definition) is 4. The number of benzene rings is 1. The third-order valence-electron chi connectivity index (χ3n) is 5.53. The lowest BCUT2D eigenvalue weighted by Gasteiger charge is -2.34. The Bertz CT molecular complexity index is 557. The molecule has 0 aromatic heterocycles. The van der Waals surface area contributed by atoms with E-state index in [1.165, 1.54) is 18.7 Å². The van der Waals surface area contributed by atoms with Crippen LogP contribution >= 0.6 is 12.4 Å². The molecule has 6 heteroatoms. The lowest BCUT2D eigenvalue weighted by Crippen LogP contribution is -2.45. The molecule has 0 radical (unpaired) electrons. The predicted octanol–water partition coefficient (Wildman–Crippen LogP) is 2.57. The molecule has 1 aromatic carbocycles. The van der Waals surface area contributed by atoms with Crippen LogP contribution in [0.1, 0.15) is 32.3 Å². The van der Waals surface area contributed by atoms with E-state index in [9.17, 15) is 4.79 Å². The summed E-state index contributed by atoms with van der Waals surface area (Å²) in [5, 5.41) is 6.49. The molecule has 5 nitrogen and oxygen atoms in total. The van der Waals surface area contributed by atoms with Crippen LogP contribution < -0.4 is 10.6 Å². The summed E-state index contributed by atoms with van der Waals surface area (Å²) in [6.45, 7) is 12.1. The highest BCUT2D eigenvalue weighted by molar-refractivity contribution is 5.92. The number of rotatable bonds is 5. The highest BCUT2D eigenvalue weighted by atomic mass is 35.5. The standard InChI is InChI=1S/C20H32N4O.ClH/c1-3-23-10-12-24(13-11-23)15-17-4-6-19(7-5-17)22-20(25)18-8-9-21-16(2)14-18;/h4-7,16,18,21H,3,8-15H2,1-2H3,(H,22,25);1H/t16-,18-;/m0./s1. The van der Waals surface area contributed by atoms with Gasteiger partial charge in [0.25, 0.3) is 0 Å². The van der Waals surface area contributed by atoms with Gasteiger partial charge < -0.3 is 15.5 Å². The molecule has 1 amide bonds. The first-order chi connectivity index (χ1) is 12.1. The van der Waals surface area contributed by atoms with Crippen LogP contribution in [0.25, 0.3) is 0 Å². The molecule has 3 rings (SSSR count). The normalized spacial score (nSPS) is 24.7. The number of hydrogen-bond donors (Lipinski definition) is 2. The van der Waals surface area contributed by atoms with Crippen molar-refractivity contribution in [2.75, 3.05) is 44.6 Å². The second-order valence-electron chi connectivity index (χ2n) is 7.47. The Kier molecular flexibility index (Phi) is 8.35. The minimum absolute atomic E-state index is 0. The molecule has 0 unspecified atom stereocenters. The van der Waals surface area contributed by atoms with Gasteiger partial charge in [-0.05, 0) is 50.6 Å². The second kappa shape index (κ2) is 10.3. The lowest BCUT2D eigenvalue weighted by molar-refractivity contribution is -0.120. The fourth-order valence-corrected chi connectivity index (χ4v) is 3.83. The fourth-order valence-electron chi connectivity index (χ4n) is 3.83. The molecule has 0 saturated carbocycles. The number of carbonyl (C=O) groups is 1. The van der Waals surface area contributed by atoms with E-state index >= 15 is 0 Å². The van der Waals surface area contributed by atoms with Gasteiger partial charge in [-0.15, -0.1) is 12.4 Å². The summed E-state index contributed by atoms with van der Waals surface area (Å²) in [6, 6.07) is 8.81. The molecule has 26 heavy (non-hydrogen) atoms. The van der Waals surface area contributed by atoms with Gasteiger partial charge in [0.05, 0.1) is 0 Å². The van der Waals surface area contributed by atoms with Gasteiger partial charge in [0.1, 0.15) is 0 Å². The Hall–Kier alpha value is -1.14. The van der Waals surface area contributed by atoms with Crippen molar-refractivity contribution >= 4 is 24.0 Å². The third-order valence-corrected chi connectivity index (χ3v) is 5.53. The second-order valence-corrected chi connectivity index (χ2v) is 7.47. The largest absolute Gasteiger partial charge is 0.326 e. The first kappa shape index (κ1) is 21.2. The van der Waals surface area contributed by atoms with E-state index in [0.717, 1.165) is 51.3 Å². The molecule has 0 aliphatic carbocycles. The Morgan fingerprint density at radius 3 is 2.42 bits per heavy atom. The van der Waals surface area contributed by atoms with Crippen LogP contribution in [0.2, 0.25) is 0 Å². The Morgan fingerprint density at radius 2 is 1.81 bits per heavy atom. The molecule has 0 spiro atoms. The molecular formula is C20H33ClN4O. The number of halogens is 1. The van der Waals surface area contributed by atoms with Crippen molar-refractivity contribution in [3.63, 3.8) is 0 Å². The molecule has 2 saturated heterocycles. The van der Waals surface area contributed by atoms with E-state index in [2.05, 4.69) is 46.4 Å². The number of anilines is 1. The van der Waals surface area contributed by atoms with Gasteiger partial charge in [0.15, 0.2) is 0 Å². The van der Waals surface area contributed by atoms with Crippen molar-refractivity contribution in [3.05, 3.63) is 29.8 Å². The van der Waals surface area contributed by atoms with Crippen molar-refractivity contribution in [1.29, 1.82) is 0 Å². The van der Waals surface area contributed by atoms with Gasteiger partial charge in [0, 0.05) is 50.4 Å². The summed E-state index contributed by atoms with van der Waals surface area (Å²) in [7, 11) is 0. The van der Waals surface area contributed by atoms with Gasteiger partial charge in [-0.25, -0.2) is 0 Å². The molecular weight excluding hydrogens is 348 g/mol. The summed E-state index contributed by atoms with van der Waals surface area (Å²) < 4.78 is 0. The third kappa shape index (κ3) is 5.95. The van der Waals surface area contributed by atoms with Crippen LogP contribution in [-0.2, 0) is 11.3 Å². The summed E-state index contributed by atoms with van der Waals surface area (Å²) in [5.74, 6) is 0.294. The summed E-state index contributed by atoms with van der Waals surface area (Å²) in [6.07, 6.45) is 1.85. The van der Waals surface area contributed by atoms with Gasteiger partial charge in [-0.2, -0.15) is 0 Å². The smallest absolute Gasteiger partial charge is 0.227 e. The van der Waals surface area contributed by atoms with E-state index < -0.39 is 0 Å². The van der Waals surface area contributed by atoms with Gasteiger partial charge in [0.2, 0.25) is 5.91 Å². The molecule has 1 aromatic rings. The van der Waals surface area contributed by atoms with Crippen molar-refractivity contribution < 1.29 is 4.79 Å². The van der Waals surface area contributed by atoms with E-state index in [1.54, 1.807) is 0 Å². The minimum Gasteiger partial charge on any atom is -0.326 e. The van der Waals surface area contributed by atoms with Gasteiger partial charge in [-0.1, -0.05) is 19.1 Å². The topological polar surface area (TPSA) is 47.6 Å². The van der Waals surface area contributed by atoms with Crippen molar-refractivity contribution in [2.24, 2.45) is 5.92 Å².